The van der Waals surface area contributed by atoms with Gasteiger partial charge in [-0.2, -0.15) is 0 Å². The maximum atomic E-state index is 12.7. The predicted octanol–water partition coefficient (Wildman–Crippen LogP) is 5.84. The Morgan fingerprint density at radius 3 is 2.46 bits per heavy atom. The highest BCUT2D eigenvalue weighted by Gasteiger charge is 2.35. The molecule has 4 rings (SSSR count). The zero-order valence-corrected chi connectivity index (χ0v) is 16.1. The predicted molar refractivity (Wildman–Crippen MR) is 110 cm³/mol. The molecule has 5 heteroatoms. The molecule has 0 saturated carbocycles. The summed E-state index contributed by atoms with van der Waals surface area (Å²) in [5.74, 6) is -0.240. The van der Waals surface area contributed by atoms with Crippen LogP contribution in [0.2, 0.25) is 0 Å². The molecule has 1 heterocycles. The lowest BCUT2D eigenvalue weighted by molar-refractivity contribution is -0.123. The van der Waals surface area contributed by atoms with Gasteiger partial charge in [0.1, 0.15) is 0 Å². The van der Waals surface area contributed by atoms with E-state index in [4.69, 9.17) is 0 Å². The van der Waals surface area contributed by atoms with Gasteiger partial charge in [0.05, 0.1) is 11.4 Å². The highest BCUT2D eigenvalue weighted by molar-refractivity contribution is 9.10. The van der Waals surface area contributed by atoms with Crippen molar-refractivity contribution in [2.75, 3.05) is 0 Å². The first-order valence-corrected chi connectivity index (χ1v) is 9.70. The summed E-state index contributed by atoms with van der Waals surface area (Å²) in [6, 6.07) is 21.6. The second kappa shape index (κ2) is 7.09. The summed E-state index contributed by atoms with van der Waals surface area (Å²) in [7, 11) is 0. The number of rotatable bonds is 3. The van der Waals surface area contributed by atoms with Crippen LogP contribution < -0.4 is 0 Å². The lowest BCUT2D eigenvalue weighted by Gasteiger charge is -2.14. The number of amides is 2. The molecule has 0 unspecified atom stereocenters. The van der Waals surface area contributed by atoms with E-state index in [1.54, 1.807) is 6.08 Å². The first kappa shape index (κ1) is 17.1. The molecular formula is C21H14BrNO2S. The van der Waals surface area contributed by atoms with Gasteiger partial charge in [-0.1, -0.05) is 70.5 Å². The number of hydrogen-bond acceptors (Lipinski definition) is 3. The van der Waals surface area contributed by atoms with Crippen molar-refractivity contribution in [3.05, 3.63) is 87.2 Å². The minimum atomic E-state index is -0.240. The maximum Gasteiger partial charge on any atom is 0.293 e. The zero-order valence-electron chi connectivity index (χ0n) is 13.7. The summed E-state index contributed by atoms with van der Waals surface area (Å²) >= 11 is 4.38. The monoisotopic (exact) mass is 423 g/mol. The van der Waals surface area contributed by atoms with Crippen molar-refractivity contribution < 1.29 is 9.59 Å². The molecule has 128 valence electrons. The summed E-state index contributed by atoms with van der Waals surface area (Å²) < 4.78 is 0.971. The Labute approximate surface area is 163 Å². The second-order valence-electron chi connectivity index (χ2n) is 5.96. The molecular weight excluding hydrogens is 410 g/mol. The Hall–Kier alpha value is -2.37. The topological polar surface area (TPSA) is 37.4 Å². The molecule has 1 saturated heterocycles. The molecule has 0 atom stereocenters. The van der Waals surface area contributed by atoms with Crippen LogP contribution in [-0.2, 0) is 11.3 Å². The highest BCUT2D eigenvalue weighted by Crippen LogP contribution is 2.34. The van der Waals surface area contributed by atoms with Gasteiger partial charge in [0.15, 0.2) is 0 Å². The van der Waals surface area contributed by atoms with Crippen molar-refractivity contribution >= 4 is 55.7 Å². The maximum absolute atomic E-state index is 12.7. The molecule has 0 radical (unpaired) electrons. The minimum absolute atomic E-state index is 0.230. The van der Waals surface area contributed by atoms with E-state index < -0.39 is 0 Å². The lowest BCUT2D eigenvalue weighted by Crippen LogP contribution is -2.27. The van der Waals surface area contributed by atoms with Crippen molar-refractivity contribution in [2.45, 2.75) is 6.54 Å². The van der Waals surface area contributed by atoms with E-state index in [-0.39, 0.29) is 17.7 Å². The van der Waals surface area contributed by atoms with E-state index in [0.29, 0.717) is 4.91 Å². The molecule has 0 bridgehead atoms. The fourth-order valence-electron chi connectivity index (χ4n) is 2.95. The van der Waals surface area contributed by atoms with Crippen LogP contribution in [0, 0.1) is 0 Å². The lowest BCUT2D eigenvalue weighted by atomic mass is 10.0. The van der Waals surface area contributed by atoms with E-state index in [9.17, 15) is 9.59 Å². The van der Waals surface area contributed by atoms with Crippen LogP contribution in [0.4, 0.5) is 4.79 Å². The Morgan fingerprint density at radius 1 is 0.923 bits per heavy atom. The van der Waals surface area contributed by atoms with Crippen LogP contribution in [0.3, 0.4) is 0 Å². The van der Waals surface area contributed by atoms with Gasteiger partial charge < -0.3 is 0 Å². The fourth-order valence-corrected chi connectivity index (χ4v) is 4.05. The number of benzene rings is 3. The average molecular weight is 424 g/mol. The van der Waals surface area contributed by atoms with Gasteiger partial charge in [-0.25, -0.2) is 0 Å². The van der Waals surface area contributed by atoms with Gasteiger partial charge in [-0.05, 0) is 51.9 Å². The van der Waals surface area contributed by atoms with Gasteiger partial charge in [0, 0.05) is 4.47 Å². The van der Waals surface area contributed by atoms with Crippen molar-refractivity contribution in [1.82, 2.24) is 4.90 Å². The number of halogens is 1. The van der Waals surface area contributed by atoms with Crippen LogP contribution in [0.5, 0.6) is 0 Å². The van der Waals surface area contributed by atoms with E-state index in [1.807, 2.05) is 66.7 Å². The summed E-state index contributed by atoms with van der Waals surface area (Å²) in [5, 5.41) is 1.93. The third kappa shape index (κ3) is 3.32. The smallest absolute Gasteiger partial charge is 0.268 e. The Balaban J connectivity index is 1.62. The molecule has 2 amide bonds. The van der Waals surface area contributed by atoms with Gasteiger partial charge in [0.2, 0.25) is 0 Å². The van der Waals surface area contributed by atoms with Gasteiger partial charge in [0.25, 0.3) is 11.1 Å². The number of hydrogen-bond donors (Lipinski definition) is 0. The van der Waals surface area contributed by atoms with Crippen LogP contribution in [-0.4, -0.2) is 16.0 Å². The third-order valence-electron chi connectivity index (χ3n) is 4.25. The number of carbonyl (C=O) groups is 2. The first-order chi connectivity index (χ1) is 12.6. The number of fused-ring (bicyclic) bond motifs is 1. The number of thioether (sulfide) groups is 1. The molecule has 3 aromatic carbocycles. The number of carbonyl (C=O) groups excluding carboxylic acids is 2. The SMILES string of the molecule is O=C1SC(=Cc2ccc(Br)cc2)C(=O)N1Cc1cccc2ccccc12. The fraction of sp³-hybridized carbons (Fsp3) is 0.0476. The Kier molecular flexibility index (Phi) is 4.66. The molecule has 1 aliphatic rings. The largest absolute Gasteiger partial charge is 0.293 e. The van der Waals surface area contributed by atoms with Crippen molar-refractivity contribution in [3.63, 3.8) is 0 Å². The molecule has 0 aliphatic carbocycles. The van der Waals surface area contributed by atoms with Crippen molar-refractivity contribution in [2.24, 2.45) is 0 Å². The summed E-state index contributed by atoms with van der Waals surface area (Å²) in [5.41, 5.74) is 1.86. The second-order valence-corrected chi connectivity index (χ2v) is 7.87. The molecule has 3 aromatic rings. The first-order valence-electron chi connectivity index (χ1n) is 8.09. The van der Waals surface area contributed by atoms with Crippen LogP contribution in [0.25, 0.3) is 16.8 Å². The van der Waals surface area contributed by atoms with Crippen LogP contribution >= 0.6 is 27.7 Å². The molecule has 0 N–H and O–H groups in total. The van der Waals surface area contributed by atoms with Gasteiger partial charge >= 0.3 is 0 Å². The molecule has 3 nitrogen and oxygen atoms in total. The third-order valence-corrected chi connectivity index (χ3v) is 5.69. The van der Waals surface area contributed by atoms with Gasteiger partial charge in [-0.3, -0.25) is 14.5 Å². The number of nitrogens with zero attached hydrogens (tertiary/aromatic N) is 1. The summed E-state index contributed by atoms with van der Waals surface area (Å²) in [6.45, 7) is 0.281. The molecule has 0 aromatic heterocycles. The van der Waals surface area contributed by atoms with E-state index in [1.165, 1.54) is 4.90 Å². The van der Waals surface area contributed by atoms with Crippen molar-refractivity contribution in [3.8, 4) is 0 Å². The van der Waals surface area contributed by atoms with Crippen LogP contribution in [0.1, 0.15) is 11.1 Å². The Bertz CT molecular complexity index is 1040. The quantitative estimate of drug-likeness (QED) is 0.496. The molecule has 1 fully saturated rings. The number of imide groups is 1. The highest BCUT2D eigenvalue weighted by atomic mass is 79.9. The summed E-state index contributed by atoms with van der Waals surface area (Å²) in [6.07, 6.45) is 1.76. The Morgan fingerprint density at radius 2 is 1.65 bits per heavy atom. The van der Waals surface area contributed by atoms with E-state index in [0.717, 1.165) is 38.1 Å². The molecule has 26 heavy (non-hydrogen) atoms. The van der Waals surface area contributed by atoms with E-state index in [2.05, 4.69) is 15.9 Å². The standard InChI is InChI=1S/C21H14BrNO2S/c22-17-10-8-14(9-11-17)12-19-20(24)23(21(25)26-19)13-16-6-3-5-15-4-1-2-7-18(15)16/h1-12H,13H2. The molecule has 1 aliphatic heterocycles. The summed E-state index contributed by atoms with van der Waals surface area (Å²) in [4.78, 5) is 26.9. The van der Waals surface area contributed by atoms with Crippen molar-refractivity contribution in [1.29, 1.82) is 0 Å². The molecule has 0 spiro atoms. The van der Waals surface area contributed by atoms with E-state index >= 15 is 0 Å². The zero-order chi connectivity index (χ0) is 18.1. The van der Waals surface area contributed by atoms with Gasteiger partial charge in [-0.15, -0.1) is 0 Å². The average Bonchev–Trinajstić information content (AvgIpc) is 2.91. The normalized spacial score (nSPS) is 16.0. The minimum Gasteiger partial charge on any atom is -0.268 e. The van der Waals surface area contributed by atoms with Crippen LogP contribution in [0.15, 0.2) is 76.1 Å².